The summed E-state index contributed by atoms with van der Waals surface area (Å²) < 4.78 is 67.8. The van der Waals surface area contributed by atoms with Gasteiger partial charge in [-0.05, 0) is 18.2 Å². The standard InChI is InChI=1S/C10H8F3N3O3S/c11-10(12,13)6-1-2-8(7(14)5-6)20(17,18)16-9-3-4-15-19-9/h1-5,16H,14H2. The molecule has 0 atom stereocenters. The molecule has 0 spiro atoms. The van der Waals surface area contributed by atoms with Crippen molar-refractivity contribution in [3.63, 3.8) is 0 Å². The zero-order valence-electron chi connectivity index (χ0n) is 9.68. The molecule has 6 nitrogen and oxygen atoms in total. The average molecular weight is 307 g/mol. The van der Waals surface area contributed by atoms with Gasteiger partial charge in [-0.25, -0.2) is 13.1 Å². The van der Waals surface area contributed by atoms with E-state index in [1.54, 1.807) is 0 Å². The van der Waals surface area contributed by atoms with E-state index >= 15 is 0 Å². The van der Waals surface area contributed by atoms with Crippen LogP contribution in [-0.4, -0.2) is 13.6 Å². The molecule has 2 aromatic rings. The van der Waals surface area contributed by atoms with E-state index in [-0.39, 0.29) is 5.88 Å². The average Bonchev–Trinajstić information content (AvgIpc) is 2.79. The molecular formula is C10H8F3N3O3S. The van der Waals surface area contributed by atoms with Crippen LogP contribution < -0.4 is 10.5 Å². The van der Waals surface area contributed by atoms with Gasteiger partial charge < -0.3 is 10.3 Å². The van der Waals surface area contributed by atoms with Crippen LogP contribution in [0.25, 0.3) is 0 Å². The van der Waals surface area contributed by atoms with Gasteiger partial charge >= 0.3 is 6.18 Å². The summed E-state index contributed by atoms with van der Waals surface area (Å²) in [6, 6.07) is 3.19. The molecule has 0 saturated carbocycles. The molecule has 1 aromatic carbocycles. The van der Waals surface area contributed by atoms with Crippen LogP contribution in [0.2, 0.25) is 0 Å². The van der Waals surface area contributed by atoms with Gasteiger partial charge in [0.2, 0.25) is 5.88 Å². The Morgan fingerprint density at radius 3 is 2.45 bits per heavy atom. The topological polar surface area (TPSA) is 98.2 Å². The molecule has 10 heteroatoms. The van der Waals surface area contributed by atoms with E-state index in [0.29, 0.717) is 12.1 Å². The van der Waals surface area contributed by atoms with Gasteiger partial charge in [0.1, 0.15) is 4.90 Å². The first kappa shape index (κ1) is 14.2. The summed E-state index contributed by atoms with van der Waals surface area (Å²) in [5, 5.41) is 3.29. The van der Waals surface area contributed by atoms with Crippen LogP contribution in [0.5, 0.6) is 0 Å². The van der Waals surface area contributed by atoms with Gasteiger partial charge in [0, 0.05) is 6.07 Å². The van der Waals surface area contributed by atoms with E-state index in [0.717, 1.165) is 6.07 Å². The fourth-order valence-electron chi connectivity index (χ4n) is 1.43. The first-order valence-corrected chi connectivity index (χ1v) is 6.59. The summed E-state index contributed by atoms with van der Waals surface area (Å²) in [4.78, 5) is -0.484. The number of nitrogens with two attached hydrogens (primary N) is 1. The SMILES string of the molecule is Nc1cc(C(F)(F)F)ccc1S(=O)(=O)Nc1ccno1. The Morgan fingerprint density at radius 1 is 1.25 bits per heavy atom. The monoisotopic (exact) mass is 307 g/mol. The number of nitrogen functional groups attached to an aromatic ring is 1. The molecule has 108 valence electrons. The second-order valence-corrected chi connectivity index (χ2v) is 5.38. The number of nitrogens with one attached hydrogen (secondary N) is 1. The molecule has 1 aromatic heterocycles. The normalized spacial score (nSPS) is 12.3. The zero-order chi connectivity index (χ0) is 15.0. The zero-order valence-corrected chi connectivity index (χ0v) is 10.5. The molecule has 0 aliphatic heterocycles. The highest BCUT2D eigenvalue weighted by atomic mass is 32.2. The van der Waals surface area contributed by atoms with E-state index in [9.17, 15) is 21.6 Å². The molecule has 0 fully saturated rings. The first-order chi connectivity index (χ1) is 9.20. The van der Waals surface area contributed by atoms with Crippen molar-refractivity contribution < 1.29 is 26.1 Å². The van der Waals surface area contributed by atoms with E-state index in [4.69, 9.17) is 5.73 Å². The Balaban J connectivity index is 2.38. The first-order valence-electron chi connectivity index (χ1n) is 5.10. The number of nitrogens with zero attached hydrogens (tertiary/aromatic N) is 1. The summed E-state index contributed by atoms with van der Waals surface area (Å²) in [6.07, 6.45) is -3.40. The van der Waals surface area contributed by atoms with Gasteiger partial charge in [0.05, 0.1) is 17.4 Å². The lowest BCUT2D eigenvalue weighted by Crippen LogP contribution is -2.15. The van der Waals surface area contributed by atoms with Crippen LogP contribution in [-0.2, 0) is 16.2 Å². The summed E-state index contributed by atoms with van der Waals surface area (Å²) in [7, 11) is -4.15. The maximum atomic E-state index is 12.5. The fourth-order valence-corrected chi connectivity index (χ4v) is 2.52. The molecule has 0 radical (unpaired) electrons. The van der Waals surface area contributed by atoms with Crippen molar-refractivity contribution in [2.45, 2.75) is 11.1 Å². The number of benzene rings is 1. The Hall–Kier alpha value is -2.23. The Kier molecular flexibility index (Phi) is 3.34. The number of anilines is 2. The molecule has 3 N–H and O–H groups in total. The van der Waals surface area contributed by atoms with E-state index in [1.807, 2.05) is 4.72 Å². The molecule has 0 bridgehead atoms. The number of hydrogen-bond acceptors (Lipinski definition) is 5. The lowest BCUT2D eigenvalue weighted by Gasteiger charge is -2.11. The number of rotatable bonds is 3. The third kappa shape index (κ3) is 2.85. The van der Waals surface area contributed by atoms with Crippen LogP contribution in [0.15, 0.2) is 39.9 Å². The number of sulfonamides is 1. The Labute approximate surface area is 111 Å². The Bertz CT molecular complexity index is 711. The second-order valence-electron chi connectivity index (χ2n) is 3.73. The summed E-state index contributed by atoms with van der Waals surface area (Å²) in [6.45, 7) is 0. The molecule has 0 unspecified atom stereocenters. The molecule has 0 aliphatic carbocycles. The van der Waals surface area contributed by atoms with Crippen LogP contribution in [0.3, 0.4) is 0 Å². The lowest BCUT2D eigenvalue weighted by atomic mass is 10.2. The third-order valence-corrected chi connectivity index (χ3v) is 3.72. The van der Waals surface area contributed by atoms with E-state index in [2.05, 4.69) is 9.68 Å². The molecule has 2 rings (SSSR count). The van der Waals surface area contributed by atoms with Crippen molar-refractivity contribution >= 4 is 21.6 Å². The summed E-state index contributed by atoms with van der Waals surface area (Å²) in [5.74, 6) is -0.177. The molecule has 0 saturated heterocycles. The second kappa shape index (κ2) is 4.71. The van der Waals surface area contributed by atoms with Crippen LogP contribution in [0.4, 0.5) is 24.7 Å². The summed E-state index contributed by atoms with van der Waals surface area (Å²) >= 11 is 0. The highest BCUT2D eigenvalue weighted by molar-refractivity contribution is 7.92. The molecule has 0 amide bonds. The van der Waals surface area contributed by atoms with Crippen molar-refractivity contribution in [3.8, 4) is 0 Å². The molecule has 0 aliphatic rings. The molecule has 20 heavy (non-hydrogen) atoms. The van der Waals surface area contributed by atoms with Gasteiger partial charge in [-0.1, -0.05) is 5.16 Å². The predicted octanol–water partition coefficient (Wildman–Crippen LogP) is 2.08. The van der Waals surface area contributed by atoms with Crippen molar-refractivity contribution in [1.82, 2.24) is 5.16 Å². The van der Waals surface area contributed by atoms with E-state index < -0.39 is 32.3 Å². The van der Waals surface area contributed by atoms with Crippen LogP contribution in [0.1, 0.15) is 5.56 Å². The minimum atomic E-state index is -4.60. The minimum Gasteiger partial charge on any atom is -0.398 e. The van der Waals surface area contributed by atoms with Crippen molar-refractivity contribution in [1.29, 1.82) is 0 Å². The maximum Gasteiger partial charge on any atom is 0.416 e. The number of aromatic nitrogens is 1. The number of hydrogen-bond donors (Lipinski definition) is 2. The van der Waals surface area contributed by atoms with Gasteiger partial charge in [-0.15, -0.1) is 0 Å². The van der Waals surface area contributed by atoms with Crippen LogP contribution in [0, 0.1) is 0 Å². The summed E-state index contributed by atoms with van der Waals surface area (Å²) in [5.41, 5.74) is 3.81. The minimum absolute atomic E-state index is 0.177. The predicted molar refractivity (Wildman–Crippen MR) is 63.2 cm³/mol. The highest BCUT2D eigenvalue weighted by Crippen LogP contribution is 2.32. The maximum absolute atomic E-state index is 12.5. The third-order valence-electron chi connectivity index (χ3n) is 2.30. The highest BCUT2D eigenvalue weighted by Gasteiger charge is 2.32. The molecular weight excluding hydrogens is 299 g/mol. The van der Waals surface area contributed by atoms with Gasteiger partial charge in [-0.3, -0.25) is 0 Å². The molecule has 1 heterocycles. The largest absolute Gasteiger partial charge is 0.416 e. The van der Waals surface area contributed by atoms with Crippen molar-refractivity contribution in [3.05, 3.63) is 36.0 Å². The van der Waals surface area contributed by atoms with Gasteiger partial charge in [0.25, 0.3) is 10.0 Å². The quantitative estimate of drug-likeness (QED) is 0.846. The Morgan fingerprint density at radius 2 is 1.95 bits per heavy atom. The lowest BCUT2D eigenvalue weighted by molar-refractivity contribution is -0.137. The smallest absolute Gasteiger partial charge is 0.398 e. The number of halogens is 3. The fraction of sp³-hybridized carbons (Fsp3) is 0.100. The van der Waals surface area contributed by atoms with Crippen molar-refractivity contribution in [2.75, 3.05) is 10.5 Å². The van der Waals surface area contributed by atoms with Crippen molar-refractivity contribution in [2.24, 2.45) is 0 Å². The van der Waals surface area contributed by atoms with Gasteiger partial charge in [0.15, 0.2) is 0 Å². The van der Waals surface area contributed by atoms with Crippen LogP contribution >= 0.6 is 0 Å². The number of alkyl halides is 3. The van der Waals surface area contributed by atoms with E-state index in [1.165, 1.54) is 12.3 Å². The van der Waals surface area contributed by atoms with Gasteiger partial charge in [-0.2, -0.15) is 13.2 Å².